The largest absolute Gasteiger partial charge is 0.370 e. The van der Waals surface area contributed by atoms with Gasteiger partial charge in [-0.15, -0.1) is 24.0 Å². The molecule has 0 spiro atoms. The molecule has 2 aromatic rings. The van der Waals surface area contributed by atoms with Crippen molar-refractivity contribution >= 4 is 35.6 Å². The molecule has 0 saturated carbocycles. The molecule has 1 aromatic carbocycles. The van der Waals surface area contributed by atoms with E-state index in [1.165, 1.54) is 11.1 Å². The summed E-state index contributed by atoms with van der Waals surface area (Å²) < 4.78 is 1.79. The molecular weight excluding hydrogens is 377 g/mol. The average Bonchev–Trinajstić information content (AvgIpc) is 2.73. The smallest absolute Gasteiger partial charge is 0.193 e. The number of aryl methyl sites for hydroxylation is 3. The summed E-state index contributed by atoms with van der Waals surface area (Å²) in [6, 6.07) is 6.23. The fourth-order valence-corrected chi connectivity index (χ4v) is 2.14. The van der Waals surface area contributed by atoms with Gasteiger partial charge in [-0.3, -0.25) is 9.67 Å². The molecule has 0 unspecified atom stereocenters. The van der Waals surface area contributed by atoms with Gasteiger partial charge in [0.15, 0.2) is 5.96 Å². The first-order valence-electron chi connectivity index (χ1n) is 6.66. The van der Waals surface area contributed by atoms with E-state index in [2.05, 4.69) is 47.5 Å². The van der Waals surface area contributed by atoms with Gasteiger partial charge in [-0.05, 0) is 49.1 Å². The second-order valence-corrected chi connectivity index (χ2v) is 5.04. The van der Waals surface area contributed by atoms with Crippen LogP contribution >= 0.6 is 24.0 Å². The van der Waals surface area contributed by atoms with Crippen LogP contribution in [0, 0.1) is 13.8 Å². The predicted molar refractivity (Wildman–Crippen MR) is 98.4 cm³/mol. The number of aliphatic imine (C=N–C) groups is 1. The van der Waals surface area contributed by atoms with Gasteiger partial charge in [-0.1, -0.05) is 6.07 Å². The van der Waals surface area contributed by atoms with Crippen LogP contribution < -0.4 is 11.1 Å². The average molecular weight is 399 g/mol. The zero-order chi connectivity index (χ0) is 14.5. The standard InChI is InChI=1S/C15H21N5.HI/c1-11-6-12(2)8-14(7-11)19-15(16)17-5-4-13-9-18-20(3)10-13;/h6-10H,4-5H2,1-3H3,(H3,16,17,19);1H. The summed E-state index contributed by atoms with van der Waals surface area (Å²) >= 11 is 0. The lowest BCUT2D eigenvalue weighted by Gasteiger charge is -2.07. The quantitative estimate of drug-likeness (QED) is 0.472. The van der Waals surface area contributed by atoms with Gasteiger partial charge in [0.05, 0.1) is 6.20 Å². The van der Waals surface area contributed by atoms with Gasteiger partial charge in [0.25, 0.3) is 0 Å². The third kappa shape index (κ3) is 5.74. The Hall–Kier alpha value is -1.57. The predicted octanol–water partition coefficient (Wildman–Crippen LogP) is 2.62. The number of hydrogen-bond acceptors (Lipinski definition) is 2. The van der Waals surface area contributed by atoms with Crippen molar-refractivity contribution in [3.8, 4) is 0 Å². The number of aromatic nitrogens is 2. The Labute approximate surface area is 142 Å². The van der Waals surface area contributed by atoms with Crippen LogP contribution in [0.1, 0.15) is 16.7 Å². The fourth-order valence-electron chi connectivity index (χ4n) is 2.14. The first kappa shape index (κ1) is 17.5. The maximum Gasteiger partial charge on any atom is 0.193 e. The molecule has 0 fully saturated rings. The van der Waals surface area contributed by atoms with Crippen LogP contribution in [0.4, 0.5) is 5.69 Å². The van der Waals surface area contributed by atoms with Gasteiger partial charge in [-0.2, -0.15) is 5.10 Å². The molecule has 6 heteroatoms. The van der Waals surface area contributed by atoms with E-state index in [0.717, 1.165) is 17.7 Å². The third-order valence-corrected chi connectivity index (χ3v) is 2.94. The Kier molecular flexibility index (Phi) is 6.67. The summed E-state index contributed by atoms with van der Waals surface area (Å²) in [6.07, 6.45) is 4.68. The highest BCUT2D eigenvalue weighted by Gasteiger charge is 1.99. The molecule has 0 saturated heterocycles. The molecule has 114 valence electrons. The fraction of sp³-hybridized carbons (Fsp3) is 0.333. The van der Waals surface area contributed by atoms with Gasteiger partial charge in [0.2, 0.25) is 0 Å². The van der Waals surface area contributed by atoms with E-state index in [9.17, 15) is 0 Å². The summed E-state index contributed by atoms with van der Waals surface area (Å²) in [5.74, 6) is 0.443. The second kappa shape index (κ2) is 8.02. The van der Waals surface area contributed by atoms with E-state index in [1.807, 2.05) is 19.4 Å². The van der Waals surface area contributed by atoms with Crippen LogP contribution in [0.5, 0.6) is 0 Å². The van der Waals surface area contributed by atoms with Crippen LogP contribution in [-0.2, 0) is 13.5 Å². The lowest BCUT2D eigenvalue weighted by atomic mass is 10.1. The van der Waals surface area contributed by atoms with Gasteiger partial charge >= 0.3 is 0 Å². The van der Waals surface area contributed by atoms with Gasteiger partial charge < -0.3 is 11.1 Å². The summed E-state index contributed by atoms with van der Waals surface area (Å²) in [6.45, 7) is 4.77. The Morgan fingerprint density at radius 1 is 1.29 bits per heavy atom. The Bertz CT molecular complexity index is 598. The van der Waals surface area contributed by atoms with E-state index in [0.29, 0.717) is 12.5 Å². The third-order valence-electron chi connectivity index (χ3n) is 2.94. The number of anilines is 1. The molecule has 0 aliphatic heterocycles. The number of nitrogens with one attached hydrogen (secondary N) is 1. The van der Waals surface area contributed by atoms with E-state index >= 15 is 0 Å². The van der Waals surface area contributed by atoms with E-state index in [4.69, 9.17) is 5.73 Å². The minimum absolute atomic E-state index is 0. The van der Waals surface area contributed by atoms with Crippen molar-refractivity contribution in [2.45, 2.75) is 20.3 Å². The lowest BCUT2D eigenvalue weighted by molar-refractivity contribution is 0.766. The lowest BCUT2D eigenvalue weighted by Crippen LogP contribution is -2.23. The number of benzene rings is 1. The number of halogens is 1. The summed E-state index contributed by atoms with van der Waals surface area (Å²) in [5, 5.41) is 7.24. The molecule has 0 amide bonds. The highest BCUT2D eigenvalue weighted by atomic mass is 127. The van der Waals surface area contributed by atoms with Crippen molar-refractivity contribution in [3.05, 3.63) is 47.3 Å². The molecular formula is C15H22IN5. The van der Waals surface area contributed by atoms with E-state index < -0.39 is 0 Å². The molecule has 1 aromatic heterocycles. The van der Waals surface area contributed by atoms with Crippen LogP contribution in [0.15, 0.2) is 35.6 Å². The molecule has 0 radical (unpaired) electrons. The van der Waals surface area contributed by atoms with Crippen molar-refractivity contribution in [1.29, 1.82) is 0 Å². The molecule has 0 aliphatic rings. The number of hydrogen-bond donors (Lipinski definition) is 2. The topological polar surface area (TPSA) is 68.2 Å². The zero-order valence-corrected chi connectivity index (χ0v) is 15.0. The highest BCUT2D eigenvalue weighted by molar-refractivity contribution is 14.0. The number of guanidine groups is 1. The molecule has 1 heterocycles. The van der Waals surface area contributed by atoms with E-state index in [-0.39, 0.29) is 24.0 Å². The van der Waals surface area contributed by atoms with Crippen molar-refractivity contribution in [2.75, 3.05) is 11.9 Å². The monoisotopic (exact) mass is 399 g/mol. The van der Waals surface area contributed by atoms with Gasteiger partial charge in [-0.25, -0.2) is 0 Å². The Morgan fingerprint density at radius 3 is 2.52 bits per heavy atom. The summed E-state index contributed by atoms with van der Waals surface area (Å²) in [5.41, 5.74) is 10.4. The molecule has 0 aliphatic carbocycles. The van der Waals surface area contributed by atoms with Crippen LogP contribution in [0.2, 0.25) is 0 Å². The zero-order valence-electron chi connectivity index (χ0n) is 12.6. The Morgan fingerprint density at radius 2 is 1.95 bits per heavy atom. The highest BCUT2D eigenvalue weighted by Crippen LogP contribution is 2.13. The molecule has 2 rings (SSSR count). The van der Waals surface area contributed by atoms with Gasteiger partial charge in [0.1, 0.15) is 0 Å². The minimum Gasteiger partial charge on any atom is -0.370 e. The maximum atomic E-state index is 5.89. The first-order valence-corrected chi connectivity index (χ1v) is 6.66. The first-order chi connectivity index (χ1) is 9.52. The number of nitrogens with two attached hydrogens (primary N) is 1. The van der Waals surface area contributed by atoms with E-state index in [1.54, 1.807) is 4.68 Å². The van der Waals surface area contributed by atoms with Crippen molar-refractivity contribution in [1.82, 2.24) is 9.78 Å². The molecule has 0 bridgehead atoms. The number of nitrogens with zero attached hydrogens (tertiary/aromatic N) is 3. The van der Waals surface area contributed by atoms with Crippen molar-refractivity contribution in [3.63, 3.8) is 0 Å². The second-order valence-electron chi connectivity index (χ2n) is 5.04. The minimum atomic E-state index is 0. The summed E-state index contributed by atoms with van der Waals surface area (Å²) in [4.78, 5) is 4.33. The molecule has 21 heavy (non-hydrogen) atoms. The van der Waals surface area contributed by atoms with Crippen LogP contribution in [-0.4, -0.2) is 22.3 Å². The van der Waals surface area contributed by atoms with Crippen molar-refractivity contribution in [2.24, 2.45) is 17.8 Å². The van der Waals surface area contributed by atoms with Crippen molar-refractivity contribution < 1.29 is 0 Å². The SMILES string of the molecule is Cc1cc(C)cc(NC(N)=NCCc2cnn(C)c2)c1.I. The van der Waals surface area contributed by atoms with Crippen LogP contribution in [0.3, 0.4) is 0 Å². The maximum absolute atomic E-state index is 5.89. The molecule has 0 atom stereocenters. The molecule has 5 nitrogen and oxygen atoms in total. The summed E-state index contributed by atoms with van der Waals surface area (Å²) in [7, 11) is 1.91. The number of rotatable bonds is 4. The Balaban J connectivity index is 0.00000220. The van der Waals surface area contributed by atoms with Crippen LogP contribution in [0.25, 0.3) is 0 Å². The molecule has 3 N–H and O–H groups in total. The normalized spacial score (nSPS) is 11.1. The van der Waals surface area contributed by atoms with Gasteiger partial charge in [0, 0.05) is 25.5 Å².